The summed E-state index contributed by atoms with van der Waals surface area (Å²) in [5.41, 5.74) is 1.90. The molecule has 7 nitrogen and oxygen atoms in total. The second-order valence-corrected chi connectivity index (χ2v) is 6.72. The Morgan fingerprint density at radius 3 is 2.86 bits per heavy atom. The molecule has 0 radical (unpaired) electrons. The van der Waals surface area contributed by atoms with Crippen LogP contribution in [0.1, 0.15) is 16.4 Å². The molecule has 0 saturated heterocycles. The summed E-state index contributed by atoms with van der Waals surface area (Å²) in [6.45, 7) is -0.497. The number of carbonyl (C=O) groups is 1. The number of aliphatic hydroxyl groups is 1. The molecule has 0 unspecified atom stereocenters. The van der Waals surface area contributed by atoms with E-state index in [0.29, 0.717) is 21.5 Å². The highest BCUT2D eigenvalue weighted by molar-refractivity contribution is 6.31. The standard InChI is InChI=1S/C21H14ClN3O4/c1-25-16-5-3-2-4-15(16)24-20(25)14(10-23)17(26)11-28-21(27)19-9-12-8-13(22)6-7-18(12)29-19/h2-9,26H,11H2,1H3/b17-14-. The van der Waals surface area contributed by atoms with Crippen molar-refractivity contribution in [2.45, 2.75) is 0 Å². The van der Waals surface area contributed by atoms with Gasteiger partial charge in [0.25, 0.3) is 0 Å². The molecule has 2 aromatic carbocycles. The number of hydrogen-bond acceptors (Lipinski definition) is 6. The Bertz CT molecular complexity index is 1330. The molecule has 144 valence electrons. The molecule has 1 N–H and O–H groups in total. The van der Waals surface area contributed by atoms with E-state index in [1.807, 2.05) is 24.3 Å². The zero-order valence-corrected chi connectivity index (χ0v) is 16.0. The predicted octanol–water partition coefficient (Wildman–Crippen LogP) is 4.62. The van der Waals surface area contributed by atoms with Crippen molar-refractivity contribution >= 4 is 45.1 Å². The van der Waals surface area contributed by atoms with E-state index < -0.39 is 18.3 Å². The maximum absolute atomic E-state index is 12.3. The summed E-state index contributed by atoms with van der Waals surface area (Å²) < 4.78 is 12.2. The molecule has 0 fully saturated rings. The molecule has 0 bridgehead atoms. The summed E-state index contributed by atoms with van der Waals surface area (Å²) in [5, 5.41) is 21.0. The van der Waals surface area contributed by atoms with Gasteiger partial charge >= 0.3 is 5.97 Å². The first kappa shape index (κ1) is 18.6. The number of nitrogens with zero attached hydrogens (tertiary/aromatic N) is 3. The van der Waals surface area contributed by atoms with Crippen LogP contribution in [-0.4, -0.2) is 27.2 Å². The lowest BCUT2D eigenvalue weighted by atomic mass is 10.2. The van der Waals surface area contributed by atoms with Crippen LogP contribution >= 0.6 is 11.6 Å². The highest BCUT2D eigenvalue weighted by Gasteiger charge is 2.19. The Balaban J connectivity index is 1.58. The minimum atomic E-state index is -0.772. The van der Waals surface area contributed by atoms with Gasteiger partial charge in [0.15, 0.2) is 18.2 Å². The van der Waals surface area contributed by atoms with Crippen LogP contribution in [0.4, 0.5) is 0 Å². The number of furan rings is 1. The van der Waals surface area contributed by atoms with E-state index in [-0.39, 0.29) is 17.2 Å². The molecule has 0 amide bonds. The van der Waals surface area contributed by atoms with Crippen LogP contribution in [0, 0.1) is 11.3 Å². The van der Waals surface area contributed by atoms with Gasteiger partial charge in [0.2, 0.25) is 5.76 Å². The first-order valence-electron chi connectivity index (χ1n) is 8.58. The highest BCUT2D eigenvalue weighted by Crippen LogP contribution is 2.24. The molecular weight excluding hydrogens is 394 g/mol. The molecule has 0 aliphatic rings. The van der Waals surface area contributed by atoms with E-state index in [1.54, 1.807) is 35.9 Å². The highest BCUT2D eigenvalue weighted by atomic mass is 35.5. The third kappa shape index (κ3) is 3.42. The van der Waals surface area contributed by atoms with Gasteiger partial charge in [-0.2, -0.15) is 5.26 Å². The number of imidazole rings is 1. The predicted molar refractivity (Wildman–Crippen MR) is 107 cm³/mol. The van der Waals surface area contributed by atoms with Crippen molar-refractivity contribution in [3.05, 3.63) is 70.9 Å². The van der Waals surface area contributed by atoms with Crippen molar-refractivity contribution < 1.29 is 19.1 Å². The Hall–Kier alpha value is -3.76. The van der Waals surface area contributed by atoms with Crippen LogP contribution in [0.5, 0.6) is 0 Å². The van der Waals surface area contributed by atoms with E-state index in [2.05, 4.69) is 4.98 Å². The third-order valence-corrected chi connectivity index (χ3v) is 4.67. The lowest BCUT2D eigenvalue weighted by molar-refractivity contribution is 0.0469. The Kier molecular flexibility index (Phi) is 4.71. The summed E-state index contributed by atoms with van der Waals surface area (Å²) in [6, 6.07) is 15.7. The Morgan fingerprint density at radius 1 is 1.31 bits per heavy atom. The average Bonchev–Trinajstić information content (AvgIpc) is 3.28. The first-order valence-corrected chi connectivity index (χ1v) is 8.96. The van der Waals surface area contributed by atoms with Gasteiger partial charge in [-0.05, 0) is 36.4 Å². The maximum Gasteiger partial charge on any atom is 0.374 e. The van der Waals surface area contributed by atoms with Crippen molar-refractivity contribution in [3.63, 3.8) is 0 Å². The summed E-state index contributed by atoms with van der Waals surface area (Å²) >= 11 is 5.93. The fourth-order valence-corrected chi connectivity index (χ4v) is 3.19. The van der Waals surface area contributed by atoms with E-state index in [0.717, 1.165) is 5.52 Å². The maximum atomic E-state index is 12.3. The first-order chi connectivity index (χ1) is 14.0. The molecule has 8 heteroatoms. The number of benzene rings is 2. The second-order valence-electron chi connectivity index (χ2n) is 6.29. The second kappa shape index (κ2) is 7.34. The van der Waals surface area contributed by atoms with Crippen LogP contribution in [0.25, 0.3) is 27.6 Å². The number of hydrogen-bond donors (Lipinski definition) is 1. The van der Waals surface area contributed by atoms with Crippen molar-refractivity contribution in [1.82, 2.24) is 9.55 Å². The van der Waals surface area contributed by atoms with Crippen molar-refractivity contribution in [3.8, 4) is 6.07 Å². The van der Waals surface area contributed by atoms with Gasteiger partial charge in [0.1, 0.15) is 17.2 Å². The number of para-hydroxylation sites is 2. The summed E-state index contributed by atoms with van der Waals surface area (Å²) in [7, 11) is 1.74. The SMILES string of the molecule is Cn1c(/C(C#N)=C(\O)COC(=O)c2cc3cc(Cl)ccc3o2)nc2ccccc21. The summed E-state index contributed by atoms with van der Waals surface area (Å²) in [6.07, 6.45) is 0. The number of aromatic nitrogens is 2. The number of fused-ring (bicyclic) bond motifs is 2. The van der Waals surface area contributed by atoms with Crippen LogP contribution in [-0.2, 0) is 11.8 Å². The molecule has 4 rings (SSSR count). The molecule has 2 heterocycles. The van der Waals surface area contributed by atoms with Gasteiger partial charge in [0.05, 0.1) is 11.0 Å². The third-order valence-electron chi connectivity index (χ3n) is 4.43. The van der Waals surface area contributed by atoms with E-state index in [9.17, 15) is 15.2 Å². The van der Waals surface area contributed by atoms with Crippen LogP contribution in [0.2, 0.25) is 5.02 Å². The Morgan fingerprint density at radius 2 is 2.10 bits per heavy atom. The van der Waals surface area contributed by atoms with Crippen molar-refractivity contribution in [1.29, 1.82) is 5.26 Å². The fourth-order valence-electron chi connectivity index (χ4n) is 3.00. The van der Waals surface area contributed by atoms with Gasteiger partial charge in [-0.25, -0.2) is 9.78 Å². The van der Waals surface area contributed by atoms with E-state index in [4.69, 9.17) is 20.8 Å². The molecule has 0 saturated carbocycles. The van der Waals surface area contributed by atoms with Gasteiger partial charge in [-0.3, -0.25) is 0 Å². The van der Waals surface area contributed by atoms with Crippen molar-refractivity contribution in [2.24, 2.45) is 7.05 Å². The molecule has 29 heavy (non-hydrogen) atoms. The number of aliphatic hydroxyl groups excluding tert-OH is 1. The number of halogens is 1. The lowest BCUT2D eigenvalue weighted by Crippen LogP contribution is -2.09. The number of aryl methyl sites for hydroxylation is 1. The smallest absolute Gasteiger partial charge is 0.374 e. The number of allylic oxidation sites excluding steroid dienone is 1. The molecular formula is C21H14ClN3O4. The number of nitriles is 1. The largest absolute Gasteiger partial charge is 0.507 e. The molecule has 0 spiro atoms. The quantitative estimate of drug-likeness (QED) is 0.301. The van der Waals surface area contributed by atoms with Gasteiger partial charge in [-0.1, -0.05) is 23.7 Å². The monoisotopic (exact) mass is 407 g/mol. The van der Waals surface area contributed by atoms with Crippen molar-refractivity contribution in [2.75, 3.05) is 6.61 Å². The minimum Gasteiger partial charge on any atom is -0.507 e. The minimum absolute atomic E-state index is 0.0312. The van der Waals surface area contributed by atoms with Crippen LogP contribution < -0.4 is 0 Å². The normalized spacial score (nSPS) is 12.0. The van der Waals surface area contributed by atoms with Crippen LogP contribution in [0.3, 0.4) is 0 Å². The molecule has 0 aliphatic carbocycles. The molecule has 0 atom stereocenters. The van der Waals surface area contributed by atoms with Gasteiger partial charge in [0, 0.05) is 17.5 Å². The lowest BCUT2D eigenvalue weighted by Gasteiger charge is -2.06. The zero-order chi connectivity index (χ0) is 20.5. The van der Waals surface area contributed by atoms with Crippen LogP contribution in [0.15, 0.2) is 58.7 Å². The number of rotatable bonds is 4. The Labute approximate surface area is 170 Å². The van der Waals surface area contributed by atoms with Gasteiger partial charge < -0.3 is 18.8 Å². The molecule has 4 aromatic rings. The number of carbonyl (C=O) groups excluding carboxylic acids is 1. The molecule has 0 aliphatic heterocycles. The number of ether oxygens (including phenoxy) is 1. The van der Waals surface area contributed by atoms with E-state index >= 15 is 0 Å². The van der Waals surface area contributed by atoms with E-state index in [1.165, 1.54) is 6.07 Å². The molecule has 2 aromatic heterocycles. The topological polar surface area (TPSA) is 101 Å². The number of esters is 1. The fraction of sp³-hybridized carbons (Fsp3) is 0.0952. The summed E-state index contributed by atoms with van der Waals surface area (Å²) in [5.74, 6) is -0.929. The zero-order valence-electron chi connectivity index (χ0n) is 15.2. The average molecular weight is 408 g/mol. The summed E-state index contributed by atoms with van der Waals surface area (Å²) in [4.78, 5) is 16.7. The van der Waals surface area contributed by atoms with Gasteiger partial charge in [-0.15, -0.1) is 0 Å².